The first-order valence-corrected chi connectivity index (χ1v) is 8.06. The Morgan fingerprint density at radius 3 is 2.71 bits per heavy atom. The van der Waals surface area contributed by atoms with Crippen LogP contribution in [0.1, 0.15) is 31.7 Å². The van der Waals surface area contributed by atoms with E-state index in [4.69, 9.17) is 21.1 Å². The van der Waals surface area contributed by atoms with Crippen LogP contribution in [0.5, 0.6) is 5.75 Å². The van der Waals surface area contributed by atoms with Gasteiger partial charge in [0.05, 0.1) is 13.7 Å². The van der Waals surface area contributed by atoms with Gasteiger partial charge in [-0.25, -0.2) is 0 Å². The Morgan fingerprint density at radius 1 is 1.33 bits per heavy atom. The molecule has 4 heteroatoms. The van der Waals surface area contributed by atoms with E-state index >= 15 is 0 Å². The fourth-order valence-corrected chi connectivity index (χ4v) is 3.56. The SMILES string of the molecule is CCC1CC(CNCCOC)(c2cc(Cl)ccc2OC)C1. The number of hydrogen-bond donors (Lipinski definition) is 1. The Labute approximate surface area is 133 Å². The first kappa shape index (κ1) is 16.6. The van der Waals surface area contributed by atoms with Gasteiger partial charge in [0.15, 0.2) is 0 Å². The monoisotopic (exact) mass is 311 g/mol. The van der Waals surface area contributed by atoms with Crippen molar-refractivity contribution in [3.05, 3.63) is 28.8 Å². The van der Waals surface area contributed by atoms with Gasteiger partial charge >= 0.3 is 0 Å². The summed E-state index contributed by atoms with van der Waals surface area (Å²) in [6.45, 7) is 4.82. The van der Waals surface area contributed by atoms with Gasteiger partial charge in [-0.3, -0.25) is 0 Å². The molecule has 1 saturated carbocycles. The van der Waals surface area contributed by atoms with Gasteiger partial charge < -0.3 is 14.8 Å². The number of benzene rings is 1. The zero-order chi connectivity index (χ0) is 15.3. The van der Waals surface area contributed by atoms with Crippen molar-refractivity contribution >= 4 is 11.6 Å². The minimum Gasteiger partial charge on any atom is -0.496 e. The summed E-state index contributed by atoms with van der Waals surface area (Å²) in [6, 6.07) is 5.95. The van der Waals surface area contributed by atoms with Crippen LogP contribution in [0.25, 0.3) is 0 Å². The maximum atomic E-state index is 6.22. The van der Waals surface area contributed by atoms with Crippen molar-refractivity contribution in [2.24, 2.45) is 5.92 Å². The molecular weight excluding hydrogens is 286 g/mol. The summed E-state index contributed by atoms with van der Waals surface area (Å²) >= 11 is 6.22. The van der Waals surface area contributed by atoms with Crippen molar-refractivity contribution in [3.63, 3.8) is 0 Å². The van der Waals surface area contributed by atoms with Crippen molar-refractivity contribution in [1.29, 1.82) is 0 Å². The third-order valence-corrected chi connectivity index (χ3v) is 4.85. The number of ether oxygens (including phenoxy) is 2. The minimum absolute atomic E-state index is 0.144. The average molecular weight is 312 g/mol. The van der Waals surface area contributed by atoms with Crippen molar-refractivity contribution < 1.29 is 9.47 Å². The number of rotatable bonds is 8. The molecule has 1 aromatic rings. The van der Waals surface area contributed by atoms with Gasteiger partial charge in [-0.2, -0.15) is 0 Å². The zero-order valence-electron chi connectivity index (χ0n) is 13.2. The van der Waals surface area contributed by atoms with Gasteiger partial charge in [0, 0.05) is 36.2 Å². The molecule has 1 aromatic carbocycles. The maximum absolute atomic E-state index is 6.22. The fourth-order valence-electron chi connectivity index (χ4n) is 3.39. The molecule has 1 aliphatic carbocycles. The van der Waals surface area contributed by atoms with Crippen LogP contribution in [0.15, 0.2) is 18.2 Å². The first-order valence-electron chi connectivity index (χ1n) is 7.69. The number of hydrogen-bond acceptors (Lipinski definition) is 3. The summed E-state index contributed by atoms with van der Waals surface area (Å²) in [5, 5.41) is 4.30. The standard InChI is InChI=1S/C17H26ClNO2/c1-4-13-10-17(11-13,12-19-7-8-20-2)15-9-14(18)5-6-16(15)21-3/h5-6,9,13,19H,4,7-8,10-12H2,1-3H3. The molecule has 0 spiro atoms. The summed E-state index contributed by atoms with van der Waals surface area (Å²) in [6.07, 6.45) is 3.63. The molecule has 1 aliphatic rings. The topological polar surface area (TPSA) is 30.5 Å². The molecule has 0 aliphatic heterocycles. The molecule has 2 rings (SSSR count). The smallest absolute Gasteiger partial charge is 0.122 e. The summed E-state index contributed by atoms with van der Waals surface area (Å²) in [5.41, 5.74) is 1.39. The molecule has 21 heavy (non-hydrogen) atoms. The van der Waals surface area contributed by atoms with Crippen molar-refractivity contribution in [3.8, 4) is 5.75 Å². The van der Waals surface area contributed by atoms with E-state index in [1.54, 1.807) is 14.2 Å². The van der Waals surface area contributed by atoms with Crippen molar-refractivity contribution in [1.82, 2.24) is 5.32 Å². The lowest BCUT2D eigenvalue weighted by molar-refractivity contribution is 0.125. The van der Waals surface area contributed by atoms with Gasteiger partial charge in [-0.05, 0) is 37.0 Å². The van der Waals surface area contributed by atoms with Gasteiger partial charge in [0.1, 0.15) is 5.75 Å². The molecule has 0 saturated heterocycles. The summed E-state index contributed by atoms with van der Waals surface area (Å²) in [4.78, 5) is 0. The fraction of sp³-hybridized carbons (Fsp3) is 0.647. The van der Waals surface area contributed by atoms with Crippen LogP contribution in [0.4, 0.5) is 0 Å². The lowest BCUT2D eigenvalue weighted by Gasteiger charge is -2.49. The van der Waals surface area contributed by atoms with Gasteiger partial charge in [-0.1, -0.05) is 24.9 Å². The Balaban J connectivity index is 2.18. The van der Waals surface area contributed by atoms with Crippen LogP contribution < -0.4 is 10.1 Å². The lowest BCUT2D eigenvalue weighted by atomic mass is 9.57. The van der Waals surface area contributed by atoms with E-state index in [0.29, 0.717) is 0 Å². The molecule has 0 atom stereocenters. The van der Waals surface area contributed by atoms with Gasteiger partial charge in [0.2, 0.25) is 0 Å². The Hall–Kier alpha value is -0.770. The zero-order valence-corrected chi connectivity index (χ0v) is 14.0. The molecule has 1 N–H and O–H groups in total. The van der Waals surface area contributed by atoms with E-state index in [1.165, 1.54) is 24.8 Å². The Morgan fingerprint density at radius 2 is 2.10 bits per heavy atom. The molecule has 3 nitrogen and oxygen atoms in total. The highest BCUT2D eigenvalue weighted by Crippen LogP contribution is 2.51. The third kappa shape index (κ3) is 3.71. The number of nitrogens with one attached hydrogen (secondary N) is 1. The van der Waals surface area contributed by atoms with Crippen LogP contribution in [-0.2, 0) is 10.2 Å². The Kier molecular flexibility index (Phi) is 5.91. The van der Waals surface area contributed by atoms with Crippen LogP contribution in [-0.4, -0.2) is 33.9 Å². The molecule has 0 amide bonds. The number of halogens is 1. The molecule has 118 valence electrons. The minimum atomic E-state index is 0.144. The molecule has 0 bridgehead atoms. The largest absolute Gasteiger partial charge is 0.496 e. The highest BCUT2D eigenvalue weighted by molar-refractivity contribution is 6.30. The summed E-state index contributed by atoms with van der Waals surface area (Å²) in [5.74, 6) is 1.75. The normalized spacial score (nSPS) is 24.7. The molecule has 1 fully saturated rings. The second-order valence-electron chi connectivity index (χ2n) is 5.98. The average Bonchev–Trinajstić information content (AvgIpc) is 2.45. The van der Waals surface area contributed by atoms with Crippen LogP contribution >= 0.6 is 11.6 Å². The first-order chi connectivity index (χ1) is 10.1. The van der Waals surface area contributed by atoms with Gasteiger partial charge in [-0.15, -0.1) is 0 Å². The summed E-state index contributed by atoms with van der Waals surface area (Å²) in [7, 11) is 3.46. The molecule has 0 aromatic heterocycles. The second kappa shape index (κ2) is 7.48. The number of methoxy groups -OCH3 is 2. The Bertz CT molecular complexity index is 458. The second-order valence-corrected chi connectivity index (χ2v) is 6.41. The van der Waals surface area contributed by atoms with E-state index in [1.807, 2.05) is 12.1 Å². The van der Waals surface area contributed by atoms with Crippen LogP contribution in [0.3, 0.4) is 0 Å². The molecule has 0 heterocycles. The van der Waals surface area contributed by atoms with Crippen molar-refractivity contribution in [2.45, 2.75) is 31.6 Å². The van der Waals surface area contributed by atoms with Crippen LogP contribution in [0.2, 0.25) is 5.02 Å². The predicted molar refractivity (Wildman–Crippen MR) is 87.4 cm³/mol. The maximum Gasteiger partial charge on any atom is 0.122 e. The summed E-state index contributed by atoms with van der Waals surface area (Å²) < 4.78 is 10.7. The van der Waals surface area contributed by atoms with Crippen molar-refractivity contribution in [2.75, 3.05) is 33.9 Å². The molecule has 0 unspecified atom stereocenters. The lowest BCUT2D eigenvalue weighted by Crippen LogP contribution is -2.49. The molecule has 0 radical (unpaired) electrons. The van der Waals surface area contributed by atoms with E-state index in [9.17, 15) is 0 Å². The van der Waals surface area contributed by atoms with E-state index in [0.717, 1.165) is 36.4 Å². The molecular formula is C17H26ClNO2. The highest BCUT2D eigenvalue weighted by atomic mass is 35.5. The highest BCUT2D eigenvalue weighted by Gasteiger charge is 2.45. The predicted octanol–water partition coefficient (Wildman–Crippen LogP) is 3.64. The van der Waals surface area contributed by atoms with Gasteiger partial charge in [0.25, 0.3) is 0 Å². The quantitative estimate of drug-likeness (QED) is 0.744. The van der Waals surface area contributed by atoms with E-state index < -0.39 is 0 Å². The van der Waals surface area contributed by atoms with E-state index in [2.05, 4.69) is 18.3 Å². The van der Waals surface area contributed by atoms with Crippen LogP contribution in [0, 0.1) is 5.92 Å². The third-order valence-electron chi connectivity index (χ3n) is 4.62. The van der Waals surface area contributed by atoms with E-state index in [-0.39, 0.29) is 5.41 Å².